The van der Waals surface area contributed by atoms with Crippen molar-refractivity contribution in [3.05, 3.63) is 58.7 Å². The predicted octanol–water partition coefficient (Wildman–Crippen LogP) is 6.06. The van der Waals surface area contributed by atoms with Crippen molar-refractivity contribution in [3.63, 3.8) is 0 Å². The summed E-state index contributed by atoms with van der Waals surface area (Å²) in [6.45, 7) is -1.17. The van der Waals surface area contributed by atoms with Crippen LogP contribution >= 0.6 is 34.7 Å². The Hall–Kier alpha value is -2.10. The number of halogens is 4. The topological polar surface area (TPSA) is 43.6 Å². The molecule has 0 spiro atoms. The van der Waals surface area contributed by atoms with Gasteiger partial charge in [0.2, 0.25) is 0 Å². The molecule has 144 valence electrons. The van der Waals surface area contributed by atoms with Gasteiger partial charge in [0.25, 0.3) is 0 Å². The van der Waals surface area contributed by atoms with Crippen LogP contribution < -0.4 is 0 Å². The molecular weight excluding hydrogens is 429 g/mol. The molecule has 1 aromatic carbocycles. The minimum atomic E-state index is -4.39. The zero-order chi connectivity index (χ0) is 19.7. The number of rotatable bonds is 5. The van der Waals surface area contributed by atoms with Crippen LogP contribution in [0.2, 0.25) is 5.02 Å². The molecule has 0 N–H and O–H groups in total. The van der Waals surface area contributed by atoms with Gasteiger partial charge in [-0.3, -0.25) is 9.55 Å². The van der Waals surface area contributed by atoms with Gasteiger partial charge < -0.3 is 0 Å². The predicted molar refractivity (Wildman–Crippen MR) is 106 cm³/mol. The van der Waals surface area contributed by atoms with E-state index in [1.165, 1.54) is 35.5 Å². The Balaban J connectivity index is 1.65. The average molecular weight is 441 g/mol. The molecule has 0 amide bonds. The minimum Gasteiger partial charge on any atom is -0.293 e. The second-order valence-electron chi connectivity index (χ2n) is 5.87. The van der Waals surface area contributed by atoms with E-state index in [-0.39, 0.29) is 11.0 Å². The molecule has 0 unspecified atom stereocenters. The molecule has 3 aromatic heterocycles. The Morgan fingerprint density at radius 1 is 1.07 bits per heavy atom. The quantitative estimate of drug-likeness (QED) is 0.354. The number of nitrogens with zero attached hydrogens (tertiary/aromatic N) is 4. The number of aromatic nitrogens is 4. The number of fused-ring (bicyclic) bond motifs is 1. The Morgan fingerprint density at radius 3 is 2.54 bits per heavy atom. The van der Waals surface area contributed by atoms with E-state index in [1.54, 1.807) is 12.1 Å². The third-order valence-corrected chi connectivity index (χ3v) is 6.82. The highest BCUT2D eigenvalue weighted by Crippen LogP contribution is 2.39. The van der Waals surface area contributed by atoms with E-state index in [0.717, 1.165) is 19.5 Å². The minimum absolute atomic E-state index is 0.157. The molecule has 0 fully saturated rings. The van der Waals surface area contributed by atoms with Crippen LogP contribution in [0.1, 0.15) is 4.88 Å². The van der Waals surface area contributed by atoms with Crippen molar-refractivity contribution < 1.29 is 13.2 Å². The van der Waals surface area contributed by atoms with Crippen LogP contribution in [0.5, 0.6) is 0 Å². The number of hydrogen-bond acceptors (Lipinski definition) is 5. The van der Waals surface area contributed by atoms with Gasteiger partial charge >= 0.3 is 6.18 Å². The zero-order valence-corrected chi connectivity index (χ0v) is 16.5. The molecule has 28 heavy (non-hydrogen) atoms. The highest BCUT2D eigenvalue weighted by molar-refractivity contribution is 7.98. The highest BCUT2D eigenvalue weighted by atomic mass is 35.5. The van der Waals surface area contributed by atoms with Gasteiger partial charge in [0.05, 0.1) is 5.02 Å². The summed E-state index contributed by atoms with van der Waals surface area (Å²) in [5.74, 6) is 0.564. The van der Waals surface area contributed by atoms with Crippen molar-refractivity contribution in [1.82, 2.24) is 19.7 Å². The Bertz CT molecular complexity index is 1110. The van der Waals surface area contributed by atoms with Crippen LogP contribution in [0, 0.1) is 0 Å². The Kier molecular flexibility index (Phi) is 5.31. The number of pyridine rings is 1. The third kappa shape index (κ3) is 4.01. The lowest BCUT2D eigenvalue weighted by atomic mass is 10.2. The summed E-state index contributed by atoms with van der Waals surface area (Å²) in [5.41, 5.74) is 0.526. The summed E-state index contributed by atoms with van der Waals surface area (Å²) >= 11 is 9.15. The summed E-state index contributed by atoms with van der Waals surface area (Å²) < 4.78 is 41.6. The third-order valence-electron chi connectivity index (χ3n) is 3.93. The van der Waals surface area contributed by atoms with Crippen molar-refractivity contribution in [2.75, 3.05) is 0 Å². The summed E-state index contributed by atoms with van der Waals surface area (Å²) in [7, 11) is 0. The fourth-order valence-electron chi connectivity index (χ4n) is 2.72. The van der Waals surface area contributed by atoms with E-state index in [0.29, 0.717) is 16.3 Å². The molecule has 0 aliphatic rings. The zero-order valence-electron chi connectivity index (χ0n) is 14.2. The van der Waals surface area contributed by atoms with Crippen LogP contribution in [0.15, 0.2) is 53.9 Å². The number of thioether (sulfide) groups is 1. The summed E-state index contributed by atoms with van der Waals surface area (Å²) in [4.78, 5) is 4.78. The lowest BCUT2D eigenvalue weighted by molar-refractivity contribution is -0.141. The summed E-state index contributed by atoms with van der Waals surface area (Å²) in [5, 5.41) is 9.74. The molecule has 3 heterocycles. The first-order chi connectivity index (χ1) is 13.4. The number of thiophene rings is 1. The van der Waals surface area contributed by atoms with Gasteiger partial charge in [0.1, 0.15) is 6.54 Å². The molecule has 0 saturated carbocycles. The van der Waals surface area contributed by atoms with Crippen molar-refractivity contribution >= 4 is 44.8 Å². The van der Waals surface area contributed by atoms with Gasteiger partial charge in [-0.1, -0.05) is 41.6 Å². The molecule has 0 aliphatic heterocycles. The fourth-order valence-corrected chi connectivity index (χ4v) is 5.32. The van der Waals surface area contributed by atoms with Gasteiger partial charge in [-0.15, -0.1) is 21.5 Å². The van der Waals surface area contributed by atoms with E-state index >= 15 is 0 Å². The molecule has 0 radical (unpaired) electrons. The summed E-state index contributed by atoms with van der Waals surface area (Å²) in [6.07, 6.45) is -1.38. The van der Waals surface area contributed by atoms with Gasteiger partial charge in [-0.25, -0.2) is 0 Å². The first-order valence-corrected chi connectivity index (χ1v) is 10.3. The maximum atomic E-state index is 13.1. The maximum absolute atomic E-state index is 13.1. The van der Waals surface area contributed by atoms with Crippen molar-refractivity contribution in [2.45, 2.75) is 23.6 Å². The lowest BCUT2D eigenvalue weighted by Gasteiger charge is -2.12. The van der Waals surface area contributed by atoms with Crippen molar-refractivity contribution in [3.8, 4) is 11.4 Å². The molecule has 0 saturated heterocycles. The van der Waals surface area contributed by atoms with Crippen molar-refractivity contribution in [2.24, 2.45) is 0 Å². The normalized spacial score (nSPS) is 12.0. The van der Waals surface area contributed by atoms with E-state index in [1.807, 2.05) is 24.3 Å². The van der Waals surface area contributed by atoms with Crippen LogP contribution in [-0.4, -0.2) is 25.9 Å². The number of alkyl halides is 3. The van der Waals surface area contributed by atoms with Crippen LogP contribution in [-0.2, 0) is 12.3 Å². The second kappa shape index (κ2) is 7.73. The molecule has 4 rings (SSSR count). The molecule has 10 heteroatoms. The highest BCUT2D eigenvalue weighted by Gasteiger charge is 2.31. The standard InChI is InChI=1S/C18H12ClF3N4S2/c19-15-12-3-1-2-4-13(12)28-14(15)9-27-17-25-24-16(11-5-7-23-8-6-11)26(17)10-18(20,21)22/h1-8H,9-10H2. The summed E-state index contributed by atoms with van der Waals surface area (Å²) in [6, 6.07) is 10.9. The smallest absolute Gasteiger partial charge is 0.293 e. The molecular formula is C18H12ClF3N4S2. The largest absolute Gasteiger partial charge is 0.406 e. The number of hydrogen-bond donors (Lipinski definition) is 0. The lowest BCUT2D eigenvalue weighted by Crippen LogP contribution is -2.19. The van der Waals surface area contributed by atoms with E-state index < -0.39 is 12.7 Å². The second-order valence-corrected chi connectivity index (χ2v) is 8.32. The van der Waals surface area contributed by atoms with Gasteiger partial charge in [-0.2, -0.15) is 13.2 Å². The molecule has 0 aliphatic carbocycles. The maximum Gasteiger partial charge on any atom is 0.406 e. The van der Waals surface area contributed by atoms with Gasteiger partial charge in [0, 0.05) is 38.7 Å². The first kappa shape index (κ1) is 19.2. The fraction of sp³-hybridized carbons (Fsp3) is 0.167. The van der Waals surface area contributed by atoms with Crippen LogP contribution in [0.3, 0.4) is 0 Å². The molecule has 4 nitrogen and oxygen atoms in total. The molecule has 0 bridgehead atoms. The van der Waals surface area contributed by atoms with E-state index in [9.17, 15) is 13.2 Å². The molecule has 4 aromatic rings. The van der Waals surface area contributed by atoms with Gasteiger partial charge in [0.15, 0.2) is 11.0 Å². The van der Waals surface area contributed by atoms with Gasteiger partial charge in [-0.05, 0) is 18.2 Å². The van der Waals surface area contributed by atoms with Crippen LogP contribution in [0.25, 0.3) is 21.5 Å². The van der Waals surface area contributed by atoms with Crippen LogP contribution in [0.4, 0.5) is 13.2 Å². The Morgan fingerprint density at radius 2 is 1.82 bits per heavy atom. The van der Waals surface area contributed by atoms with E-state index in [2.05, 4.69) is 15.2 Å². The van der Waals surface area contributed by atoms with E-state index in [4.69, 9.17) is 11.6 Å². The van der Waals surface area contributed by atoms with Crippen molar-refractivity contribution in [1.29, 1.82) is 0 Å². The molecule has 0 atom stereocenters. The average Bonchev–Trinajstić information content (AvgIpc) is 3.20. The first-order valence-electron chi connectivity index (χ1n) is 8.11. The SMILES string of the molecule is FC(F)(F)Cn1c(SCc2sc3ccccc3c2Cl)nnc1-c1ccncc1. The number of benzene rings is 1. The monoisotopic (exact) mass is 440 g/mol. The Labute approximate surface area is 171 Å².